The number of rotatable bonds is 5. The van der Waals surface area contributed by atoms with Crippen molar-refractivity contribution in [2.45, 2.75) is 24.2 Å². The number of benzene rings is 2. The van der Waals surface area contributed by atoms with Gasteiger partial charge in [-0.1, -0.05) is 34.0 Å². The second kappa shape index (κ2) is 8.82. The van der Waals surface area contributed by atoms with Crippen molar-refractivity contribution in [2.24, 2.45) is 0 Å². The lowest BCUT2D eigenvalue weighted by Gasteiger charge is -2.26. The Balaban J connectivity index is 1.92. The van der Waals surface area contributed by atoms with E-state index < -0.39 is 15.9 Å². The van der Waals surface area contributed by atoms with Gasteiger partial charge >= 0.3 is 0 Å². The number of amides is 1. The Morgan fingerprint density at radius 2 is 1.86 bits per heavy atom. The zero-order chi connectivity index (χ0) is 20.3. The highest BCUT2D eigenvalue weighted by Gasteiger charge is 2.29. The number of halogens is 2. The molecule has 9 heteroatoms. The van der Waals surface area contributed by atoms with Crippen LogP contribution >= 0.6 is 27.5 Å². The van der Waals surface area contributed by atoms with Gasteiger partial charge in [-0.2, -0.15) is 4.31 Å². The molecule has 0 aliphatic carbocycles. The third-order valence-corrected chi connectivity index (χ3v) is 7.27. The number of carbonyl (C=O) groups is 1. The van der Waals surface area contributed by atoms with Gasteiger partial charge in [0, 0.05) is 23.2 Å². The molecule has 1 fully saturated rings. The SMILES string of the molecule is COc1ccc(NC(=O)c2cc(Br)ccc2Cl)cc1S(=O)(=O)N1CCCCC1. The topological polar surface area (TPSA) is 75.7 Å². The van der Waals surface area contributed by atoms with E-state index in [2.05, 4.69) is 21.2 Å². The van der Waals surface area contributed by atoms with Gasteiger partial charge in [0.05, 0.1) is 17.7 Å². The highest BCUT2D eigenvalue weighted by atomic mass is 79.9. The molecule has 6 nitrogen and oxygen atoms in total. The van der Waals surface area contributed by atoms with Gasteiger partial charge in [-0.05, 0) is 49.2 Å². The summed E-state index contributed by atoms with van der Waals surface area (Å²) in [6.07, 6.45) is 2.69. The number of methoxy groups -OCH3 is 1. The number of anilines is 1. The van der Waals surface area contributed by atoms with Crippen LogP contribution in [0.1, 0.15) is 29.6 Å². The summed E-state index contributed by atoms with van der Waals surface area (Å²) in [7, 11) is -2.30. The molecule has 1 N–H and O–H groups in total. The maximum absolute atomic E-state index is 13.1. The molecule has 1 aliphatic heterocycles. The van der Waals surface area contributed by atoms with Crippen molar-refractivity contribution in [3.8, 4) is 5.75 Å². The Morgan fingerprint density at radius 3 is 2.54 bits per heavy atom. The third-order valence-electron chi connectivity index (χ3n) is 4.53. The lowest BCUT2D eigenvalue weighted by atomic mass is 10.2. The maximum atomic E-state index is 13.1. The minimum atomic E-state index is -3.72. The summed E-state index contributed by atoms with van der Waals surface area (Å²) in [6, 6.07) is 9.50. The highest BCUT2D eigenvalue weighted by molar-refractivity contribution is 9.10. The number of sulfonamides is 1. The van der Waals surface area contributed by atoms with Crippen LogP contribution in [0.25, 0.3) is 0 Å². The molecule has 0 aromatic heterocycles. The van der Waals surface area contributed by atoms with Gasteiger partial charge in [0.2, 0.25) is 10.0 Å². The van der Waals surface area contributed by atoms with Gasteiger partial charge in [-0.15, -0.1) is 0 Å². The molecule has 0 atom stereocenters. The fourth-order valence-electron chi connectivity index (χ4n) is 3.07. The lowest BCUT2D eigenvalue weighted by molar-refractivity contribution is 0.102. The van der Waals surface area contributed by atoms with E-state index >= 15 is 0 Å². The number of carbonyl (C=O) groups excluding carboxylic acids is 1. The summed E-state index contributed by atoms with van der Waals surface area (Å²) < 4.78 is 33.6. The van der Waals surface area contributed by atoms with Crippen LogP contribution in [0.2, 0.25) is 5.02 Å². The largest absolute Gasteiger partial charge is 0.495 e. The first kappa shape index (κ1) is 21.1. The van der Waals surface area contributed by atoms with Gasteiger partial charge in [0.25, 0.3) is 5.91 Å². The van der Waals surface area contributed by atoms with E-state index in [1.165, 1.54) is 23.5 Å². The quantitative estimate of drug-likeness (QED) is 0.672. The van der Waals surface area contributed by atoms with Crippen molar-refractivity contribution in [3.05, 3.63) is 51.5 Å². The summed E-state index contributed by atoms with van der Waals surface area (Å²) in [4.78, 5) is 12.6. The molecule has 1 amide bonds. The van der Waals surface area contributed by atoms with E-state index in [9.17, 15) is 13.2 Å². The minimum Gasteiger partial charge on any atom is -0.495 e. The molecule has 150 valence electrons. The van der Waals surface area contributed by atoms with Crippen molar-refractivity contribution in [1.29, 1.82) is 0 Å². The van der Waals surface area contributed by atoms with Crippen molar-refractivity contribution in [1.82, 2.24) is 4.31 Å². The second-order valence-electron chi connectivity index (χ2n) is 6.41. The molecule has 1 heterocycles. The fourth-order valence-corrected chi connectivity index (χ4v) is 5.33. The number of nitrogens with zero attached hydrogens (tertiary/aromatic N) is 1. The molecular formula is C19H20BrClN2O4S. The molecule has 2 aromatic carbocycles. The number of nitrogens with one attached hydrogen (secondary N) is 1. The summed E-state index contributed by atoms with van der Waals surface area (Å²) in [5.74, 6) is -0.193. The van der Waals surface area contributed by atoms with Crippen LogP contribution in [-0.4, -0.2) is 38.8 Å². The molecule has 3 rings (SSSR count). The van der Waals surface area contributed by atoms with E-state index in [-0.39, 0.29) is 16.2 Å². The van der Waals surface area contributed by atoms with Crippen molar-refractivity contribution in [2.75, 3.05) is 25.5 Å². The van der Waals surface area contributed by atoms with Crippen LogP contribution in [0.3, 0.4) is 0 Å². The molecule has 28 heavy (non-hydrogen) atoms. The highest BCUT2D eigenvalue weighted by Crippen LogP contribution is 2.31. The molecule has 1 saturated heterocycles. The molecule has 2 aromatic rings. The number of ether oxygens (including phenoxy) is 1. The van der Waals surface area contributed by atoms with E-state index in [1.807, 2.05) is 0 Å². The number of hydrogen-bond donors (Lipinski definition) is 1. The summed E-state index contributed by atoms with van der Waals surface area (Å²) in [5.41, 5.74) is 0.629. The van der Waals surface area contributed by atoms with Gasteiger partial charge in [0.15, 0.2) is 0 Å². The summed E-state index contributed by atoms with van der Waals surface area (Å²) in [5, 5.41) is 3.01. The molecule has 0 radical (unpaired) electrons. The van der Waals surface area contributed by atoms with E-state index in [1.54, 1.807) is 24.3 Å². The summed E-state index contributed by atoms with van der Waals surface area (Å²) >= 11 is 9.42. The third kappa shape index (κ3) is 4.51. The first-order chi connectivity index (χ1) is 13.3. The van der Waals surface area contributed by atoms with Gasteiger partial charge in [-0.25, -0.2) is 8.42 Å². The van der Waals surface area contributed by atoms with Crippen LogP contribution in [0.4, 0.5) is 5.69 Å². The fraction of sp³-hybridized carbons (Fsp3) is 0.316. The van der Waals surface area contributed by atoms with Crippen LogP contribution in [0.5, 0.6) is 5.75 Å². The normalized spacial score (nSPS) is 15.2. The average molecular weight is 488 g/mol. The first-order valence-electron chi connectivity index (χ1n) is 8.77. The smallest absolute Gasteiger partial charge is 0.257 e. The van der Waals surface area contributed by atoms with Gasteiger partial charge in [-0.3, -0.25) is 4.79 Å². The van der Waals surface area contributed by atoms with E-state index in [4.69, 9.17) is 16.3 Å². The van der Waals surface area contributed by atoms with E-state index in [0.29, 0.717) is 28.3 Å². The van der Waals surface area contributed by atoms with Crippen molar-refractivity contribution in [3.63, 3.8) is 0 Å². The molecule has 0 bridgehead atoms. The van der Waals surface area contributed by atoms with Gasteiger partial charge in [0.1, 0.15) is 10.6 Å². The second-order valence-corrected chi connectivity index (χ2v) is 9.64. The first-order valence-corrected chi connectivity index (χ1v) is 11.4. The van der Waals surface area contributed by atoms with E-state index in [0.717, 1.165) is 19.3 Å². The zero-order valence-corrected chi connectivity index (χ0v) is 18.4. The Hall–Kier alpha value is -1.61. The predicted octanol–water partition coefficient (Wildman–Crippen LogP) is 4.54. The molecular weight excluding hydrogens is 468 g/mol. The van der Waals surface area contributed by atoms with Crippen LogP contribution in [0, 0.1) is 0 Å². The Morgan fingerprint density at radius 1 is 1.14 bits per heavy atom. The number of piperidine rings is 1. The zero-order valence-electron chi connectivity index (χ0n) is 15.2. The molecule has 0 unspecified atom stereocenters. The molecule has 0 spiro atoms. The Labute approximate surface area is 178 Å². The van der Waals surface area contributed by atoms with Crippen molar-refractivity contribution < 1.29 is 17.9 Å². The monoisotopic (exact) mass is 486 g/mol. The van der Waals surface area contributed by atoms with Crippen LogP contribution in [-0.2, 0) is 10.0 Å². The average Bonchev–Trinajstić information content (AvgIpc) is 2.70. The Kier molecular flexibility index (Phi) is 6.65. The van der Waals surface area contributed by atoms with Crippen LogP contribution in [0.15, 0.2) is 45.8 Å². The van der Waals surface area contributed by atoms with Gasteiger partial charge < -0.3 is 10.1 Å². The molecule has 0 saturated carbocycles. The minimum absolute atomic E-state index is 0.0371. The van der Waals surface area contributed by atoms with Crippen molar-refractivity contribution >= 4 is 49.1 Å². The summed E-state index contributed by atoms with van der Waals surface area (Å²) in [6.45, 7) is 0.964. The lowest BCUT2D eigenvalue weighted by Crippen LogP contribution is -2.35. The standard InChI is InChI=1S/C19H20BrClN2O4S/c1-27-17-8-6-14(22-19(24)15-11-13(20)5-7-16(15)21)12-18(17)28(25,26)23-9-3-2-4-10-23/h5-8,11-12H,2-4,9-10H2,1H3,(H,22,24). The Bertz CT molecular complexity index is 991. The molecule has 1 aliphatic rings. The number of hydrogen-bond acceptors (Lipinski definition) is 4. The predicted molar refractivity (Wildman–Crippen MR) is 113 cm³/mol. The van der Waals surface area contributed by atoms with Crippen LogP contribution < -0.4 is 10.1 Å². The maximum Gasteiger partial charge on any atom is 0.257 e.